The molecule has 96 valence electrons. The second-order valence-corrected chi connectivity index (χ2v) is 6.50. The molecule has 5 heteroatoms. The summed E-state index contributed by atoms with van der Waals surface area (Å²) < 4.78 is 0. The molecule has 3 rings (SSSR count). The fraction of sp³-hybridized carbons (Fsp3) is 0.286. The SMILES string of the molecule is N#C[C@@H]1C(=O)N[C@@H](c2cccs2)C[C@H]1c1cccs1. The quantitative estimate of drug-likeness (QED) is 0.922. The molecule has 1 fully saturated rings. The minimum atomic E-state index is -0.574. The molecule has 3 atom stereocenters. The fourth-order valence-electron chi connectivity index (χ4n) is 2.50. The van der Waals surface area contributed by atoms with E-state index in [-0.39, 0.29) is 17.9 Å². The van der Waals surface area contributed by atoms with Crippen LogP contribution in [0.15, 0.2) is 35.0 Å². The molecule has 0 aromatic carbocycles. The maximum Gasteiger partial charge on any atom is 0.238 e. The van der Waals surface area contributed by atoms with Gasteiger partial charge in [0.25, 0.3) is 0 Å². The van der Waals surface area contributed by atoms with Crippen LogP contribution in [-0.2, 0) is 4.79 Å². The Morgan fingerprint density at radius 1 is 1.21 bits per heavy atom. The van der Waals surface area contributed by atoms with Gasteiger partial charge in [0.15, 0.2) is 0 Å². The molecule has 2 aromatic heterocycles. The molecular formula is C14H12N2OS2. The smallest absolute Gasteiger partial charge is 0.238 e. The van der Waals surface area contributed by atoms with Gasteiger partial charge >= 0.3 is 0 Å². The van der Waals surface area contributed by atoms with E-state index in [0.717, 1.165) is 16.2 Å². The molecule has 3 nitrogen and oxygen atoms in total. The maximum atomic E-state index is 12.1. The van der Waals surface area contributed by atoms with Gasteiger partial charge in [0.1, 0.15) is 5.92 Å². The largest absolute Gasteiger partial charge is 0.347 e. The molecule has 3 heterocycles. The molecule has 0 saturated carbocycles. The van der Waals surface area contributed by atoms with Crippen molar-refractivity contribution in [1.29, 1.82) is 5.26 Å². The summed E-state index contributed by atoms with van der Waals surface area (Å²) in [6.45, 7) is 0. The van der Waals surface area contributed by atoms with Crippen molar-refractivity contribution in [2.45, 2.75) is 18.4 Å². The number of hydrogen-bond donors (Lipinski definition) is 1. The summed E-state index contributed by atoms with van der Waals surface area (Å²) >= 11 is 3.27. The number of rotatable bonds is 2. The topological polar surface area (TPSA) is 52.9 Å². The van der Waals surface area contributed by atoms with Gasteiger partial charge in [0, 0.05) is 15.7 Å². The van der Waals surface area contributed by atoms with Crippen LogP contribution >= 0.6 is 22.7 Å². The molecule has 0 unspecified atom stereocenters. The molecular weight excluding hydrogens is 276 g/mol. The third-order valence-electron chi connectivity index (χ3n) is 3.43. The Kier molecular flexibility index (Phi) is 3.36. The van der Waals surface area contributed by atoms with Crippen LogP contribution in [0.1, 0.15) is 28.1 Å². The second-order valence-electron chi connectivity index (χ2n) is 4.54. The first-order chi connectivity index (χ1) is 9.29. The van der Waals surface area contributed by atoms with Gasteiger partial charge in [-0.05, 0) is 29.3 Å². The molecule has 0 spiro atoms. The number of amides is 1. The Labute approximate surface area is 119 Å². The number of nitrogens with one attached hydrogen (secondary N) is 1. The number of carbonyl (C=O) groups is 1. The van der Waals surface area contributed by atoms with Crippen LogP contribution in [0.3, 0.4) is 0 Å². The highest BCUT2D eigenvalue weighted by molar-refractivity contribution is 7.10. The highest BCUT2D eigenvalue weighted by atomic mass is 32.1. The van der Waals surface area contributed by atoms with Crippen molar-refractivity contribution >= 4 is 28.6 Å². The molecule has 1 aliphatic heterocycles. The van der Waals surface area contributed by atoms with Gasteiger partial charge in [-0.3, -0.25) is 4.79 Å². The van der Waals surface area contributed by atoms with E-state index < -0.39 is 5.92 Å². The normalized spacial score (nSPS) is 26.7. The molecule has 1 N–H and O–H groups in total. The number of piperidine rings is 1. The van der Waals surface area contributed by atoms with Crippen molar-refractivity contribution in [1.82, 2.24) is 5.32 Å². The van der Waals surface area contributed by atoms with E-state index in [4.69, 9.17) is 0 Å². The Balaban J connectivity index is 1.92. The fourth-order valence-corrected chi connectivity index (χ4v) is 4.17. The van der Waals surface area contributed by atoms with Crippen LogP contribution < -0.4 is 5.32 Å². The van der Waals surface area contributed by atoms with Crippen LogP contribution in [0.2, 0.25) is 0 Å². The second kappa shape index (κ2) is 5.16. The number of nitriles is 1. The lowest BCUT2D eigenvalue weighted by atomic mass is 9.82. The van der Waals surface area contributed by atoms with E-state index in [1.807, 2.05) is 35.0 Å². The molecule has 1 saturated heterocycles. The van der Waals surface area contributed by atoms with Gasteiger partial charge in [0.05, 0.1) is 12.1 Å². The molecule has 2 aromatic rings. The third-order valence-corrected chi connectivity index (χ3v) is 5.42. The van der Waals surface area contributed by atoms with Crippen molar-refractivity contribution in [3.8, 4) is 6.07 Å². The first kappa shape index (κ1) is 12.4. The molecule has 1 amide bonds. The van der Waals surface area contributed by atoms with Gasteiger partial charge in [-0.15, -0.1) is 22.7 Å². The van der Waals surface area contributed by atoms with Gasteiger partial charge in [-0.2, -0.15) is 5.26 Å². The first-order valence-corrected chi connectivity index (χ1v) is 7.82. The van der Waals surface area contributed by atoms with E-state index >= 15 is 0 Å². The van der Waals surface area contributed by atoms with E-state index in [1.165, 1.54) is 0 Å². The zero-order valence-electron chi connectivity index (χ0n) is 10.1. The van der Waals surface area contributed by atoms with Crippen LogP contribution in [0.4, 0.5) is 0 Å². The Bertz CT molecular complexity index is 598. The zero-order valence-corrected chi connectivity index (χ0v) is 11.7. The van der Waals surface area contributed by atoms with E-state index in [2.05, 4.69) is 11.4 Å². The lowest BCUT2D eigenvalue weighted by molar-refractivity contribution is -0.126. The Hall–Kier alpha value is -1.64. The number of thiophene rings is 2. The summed E-state index contributed by atoms with van der Waals surface area (Å²) in [5, 5.41) is 16.2. The molecule has 1 aliphatic rings. The average molecular weight is 288 g/mol. The number of nitrogens with zero attached hydrogens (tertiary/aromatic N) is 1. The van der Waals surface area contributed by atoms with Crippen molar-refractivity contribution in [3.05, 3.63) is 44.8 Å². The predicted octanol–water partition coefficient (Wildman–Crippen LogP) is 3.29. The number of hydrogen-bond acceptors (Lipinski definition) is 4. The van der Waals surface area contributed by atoms with Crippen LogP contribution in [0, 0.1) is 17.2 Å². The minimum absolute atomic E-state index is 0.00542. The van der Waals surface area contributed by atoms with Gasteiger partial charge in [-0.1, -0.05) is 12.1 Å². The third kappa shape index (κ3) is 2.29. The molecule has 0 bridgehead atoms. The van der Waals surface area contributed by atoms with E-state index in [1.54, 1.807) is 22.7 Å². The summed E-state index contributed by atoms with van der Waals surface area (Å²) in [5.41, 5.74) is 0. The lowest BCUT2D eigenvalue weighted by Crippen LogP contribution is -2.42. The predicted molar refractivity (Wildman–Crippen MR) is 76.0 cm³/mol. The van der Waals surface area contributed by atoms with Crippen molar-refractivity contribution < 1.29 is 4.79 Å². The Morgan fingerprint density at radius 3 is 2.47 bits per heavy atom. The highest BCUT2D eigenvalue weighted by Crippen LogP contribution is 2.40. The summed E-state index contributed by atoms with van der Waals surface area (Å²) in [6, 6.07) is 10.2. The van der Waals surface area contributed by atoms with E-state index in [0.29, 0.717) is 0 Å². The summed E-state index contributed by atoms with van der Waals surface area (Å²) in [5.74, 6) is -0.716. The van der Waals surface area contributed by atoms with Gasteiger partial charge in [0.2, 0.25) is 5.91 Å². The molecule has 0 radical (unpaired) electrons. The highest BCUT2D eigenvalue weighted by Gasteiger charge is 2.38. The number of carbonyl (C=O) groups excluding carboxylic acids is 1. The van der Waals surface area contributed by atoms with Crippen LogP contribution in [-0.4, -0.2) is 5.91 Å². The summed E-state index contributed by atoms with van der Waals surface area (Å²) in [7, 11) is 0. The summed E-state index contributed by atoms with van der Waals surface area (Å²) in [6.07, 6.45) is 0.797. The van der Waals surface area contributed by atoms with Gasteiger partial charge in [-0.25, -0.2) is 0 Å². The average Bonchev–Trinajstić information content (AvgIpc) is 3.11. The Morgan fingerprint density at radius 2 is 1.89 bits per heavy atom. The van der Waals surface area contributed by atoms with Gasteiger partial charge < -0.3 is 5.32 Å². The monoisotopic (exact) mass is 288 g/mol. The maximum absolute atomic E-state index is 12.1. The van der Waals surface area contributed by atoms with E-state index in [9.17, 15) is 10.1 Å². The molecule has 0 aliphatic carbocycles. The standard InChI is InChI=1S/C14H12N2OS2/c15-8-10-9(12-3-1-5-18-12)7-11(16-14(10)17)13-4-2-6-19-13/h1-6,9-11H,7H2,(H,16,17)/t9-,10+,11-/m1/s1. The zero-order chi connectivity index (χ0) is 13.2. The summed E-state index contributed by atoms with van der Waals surface area (Å²) in [4.78, 5) is 14.4. The minimum Gasteiger partial charge on any atom is -0.347 e. The van der Waals surface area contributed by atoms with Crippen molar-refractivity contribution in [3.63, 3.8) is 0 Å². The molecule has 19 heavy (non-hydrogen) atoms. The van der Waals surface area contributed by atoms with Crippen molar-refractivity contribution in [2.24, 2.45) is 5.92 Å². The van der Waals surface area contributed by atoms with Crippen LogP contribution in [0.25, 0.3) is 0 Å². The lowest BCUT2D eigenvalue weighted by Gasteiger charge is -2.32. The van der Waals surface area contributed by atoms with Crippen molar-refractivity contribution in [2.75, 3.05) is 0 Å². The first-order valence-electron chi connectivity index (χ1n) is 6.06. The van der Waals surface area contributed by atoms with Crippen LogP contribution in [0.5, 0.6) is 0 Å².